The van der Waals surface area contributed by atoms with Crippen LogP contribution in [0.4, 0.5) is 13.2 Å². The Balaban J connectivity index is 2.13. The first-order valence-corrected chi connectivity index (χ1v) is 5.15. The molecule has 1 aliphatic heterocycles. The van der Waals surface area contributed by atoms with E-state index in [1.807, 2.05) is 0 Å². The number of aliphatic hydroxyl groups is 1. The van der Waals surface area contributed by atoms with Crippen LogP contribution in [0.15, 0.2) is 0 Å². The van der Waals surface area contributed by atoms with Gasteiger partial charge in [0.25, 0.3) is 0 Å². The molecule has 0 aromatic rings. The van der Waals surface area contributed by atoms with Crippen molar-refractivity contribution in [2.75, 3.05) is 32.8 Å². The number of hydrogen-bond acceptors (Lipinski definition) is 4. The van der Waals surface area contributed by atoms with Crippen LogP contribution in [0.5, 0.6) is 0 Å². The lowest BCUT2D eigenvalue weighted by Crippen LogP contribution is -2.45. The molecule has 17 heavy (non-hydrogen) atoms. The molecule has 1 unspecified atom stereocenters. The fraction of sp³-hybridized carbons (Fsp3) is 0.889. The van der Waals surface area contributed by atoms with Crippen LogP contribution in [-0.4, -0.2) is 55.6 Å². The molecule has 0 aliphatic carbocycles. The molecule has 1 saturated heterocycles. The van der Waals surface area contributed by atoms with Crippen molar-refractivity contribution in [2.24, 2.45) is 0 Å². The van der Waals surface area contributed by atoms with E-state index in [0.29, 0.717) is 19.5 Å². The van der Waals surface area contributed by atoms with E-state index in [4.69, 9.17) is 0 Å². The molecule has 0 saturated carbocycles. The van der Waals surface area contributed by atoms with E-state index in [9.17, 15) is 23.1 Å². The summed E-state index contributed by atoms with van der Waals surface area (Å²) in [7, 11) is 0. The number of nitrogens with one attached hydrogen (secondary N) is 2. The third kappa shape index (κ3) is 5.85. The van der Waals surface area contributed by atoms with Crippen molar-refractivity contribution >= 4 is 5.91 Å². The average Bonchev–Trinajstić information content (AvgIpc) is 2.61. The minimum Gasteiger partial charge on any atom is -0.387 e. The van der Waals surface area contributed by atoms with E-state index in [1.54, 1.807) is 0 Å². The largest absolute Gasteiger partial charge is 0.411 e. The number of β-amino-alcohol motifs (C(OH)–C–C–N with tert-alkyl or cyclic N) is 1. The summed E-state index contributed by atoms with van der Waals surface area (Å²) in [6.07, 6.45) is -3.94. The number of rotatable bonds is 5. The maximum absolute atomic E-state index is 11.7. The standard InChI is InChI=1S/C9H15F3N2O3/c10-9(11,12)6-17-3-7(15)14-5-8(16)1-2-13-4-8/h13,16H,1-6H2,(H,14,15). The lowest BCUT2D eigenvalue weighted by molar-refractivity contribution is -0.175. The molecule has 1 atom stereocenters. The molecule has 8 heteroatoms. The van der Waals surface area contributed by atoms with Crippen LogP contribution in [0.1, 0.15) is 6.42 Å². The molecule has 0 spiro atoms. The third-order valence-corrected chi connectivity index (χ3v) is 2.33. The summed E-state index contributed by atoms with van der Waals surface area (Å²) >= 11 is 0. The summed E-state index contributed by atoms with van der Waals surface area (Å²) < 4.78 is 39.3. The Kier molecular flexibility index (Phi) is 4.72. The van der Waals surface area contributed by atoms with Crippen LogP contribution < -0.4 is 10.6 Å². The highest BCUT2D eigenvalue weighted by atomic mass is 19.4. The van der Waals surface area contributed by atoms with Gasteiger partial charge in [0.2, 0.25) is 5.91 Å². The number of hydrogen-bond donors (Lipinski definition) is 3. The maximum atomic E-state index is 11.7. The van der Waals surface area contributed by atoms with Crippen molar-refractivity contribution in [3.05, 3.63) is 0 Å². The van der Waals surface area contributed by atoms with Crippen LogP contribution in [-0.2, 0) is 9.53 Å². The van der Waals surface area contributed by atoms with Gasteiger partial charge in [-0.25, -0.2) is 0 Å². The van der Waals surface area contributed by atoms with Gasteiger partial charge in [0.05, 0.1) is 5.60 Å². The molecule has 1 heterocycles. The second-order valence-corrected chi connectivity index (χ2v) is 4.04. The molecule has 1 rings (SSSR count). The zero-order valence-electron chi connectivity index (χ0n) is 9.14. The second-order valence-electron chi connectivity index (χ2n) is 4.04. The monoisotopic (exact) mass is 256 g/mol. The Morgan fingerprint density at radius 1 is 1.53 bits per heavy atom. The smallest absolute Gasteiger partial charge is 0.387 e. The fourth-order valence-electron chi connectivity index (χ4n) is 1.46. The van der Waals surface area contributed by atoms with Crippen LogP contribution in [0.25, 0.3) is 0 Å². The minimum absolute atomic E-state index is 0.00815. The summed E-state index contributed by atoms with van der Waals surface area (Å²) in [5.41, 5.74) is -1.01. The summed E-state index contributed by atoms with van der Waals surface area (Å²) in [5, 5.41) is 15.0. The third-order valence-electron chi connectivity index (χ3n) is 2.33. The highest BCUT2D eigenvalue weighted by Crippen LogP contribution is 2.14. The van der Waals surface area contributed by atoms with Gasteiger partial charge in [-0.2, -0.15) is 13.2 Å². The highest BCUT2D eigenvalue weighted by molar-refractivity contribution is 5.77. The van der Waals surface area contributed by atoms with E-state index in [0.717, 1.165) is 0 Å². The van der Waals surface area contributed by atoms with E-state index in [2.05, 4.69) is 15.4 Å². The van der Waals surface area contributed by atoms with Crippen molar-refractivity contribution < 1.29 is 27.8 Å². The van der Waals surface area contributed by atoms with Crippen molar-refractivity contribution in [3.63, 3.8) is 0 Å². The van der Waals surface area contributed by atoms with Crippen LogP contribution in [0.2, 0.25) is 0 Å². The highest BCUT2D eigenvalue weighted by Gasteiger charge is 2.31. The number of ether oxygens (including phenoxy) is 1. The molecule has 0 radical (unpaired) electrons. The first-order valence-electron chi connectivity index (χ1n) is 5.15. The Morgan fingerprint density at radius 2 is 2.24 bits per heavy atom. The minimum atomic E-state index is -4.44. The molecule has 0 aromatic heterocycles. The molecule has 5 nitrogen and oxygen atoms in total. The summed E-state index contributed by atoms with van der Waals surface area (Å²) in [6.45, 7) is -1.10. The van der Waals surface area contributed by atoms with Crippen molar-refractivity contribution in [2.45, 2.75) is 18.2 Å². The summed E-state index contributed by atoms with van der Waals surface area (Å²) in [6, 6.07) is 0. The van der Waals surface area contributed by atoms with Crippen LogP contribution in [0, 0.1) is 0 Å². The van der Waals surface area contributed by atoms with E-state index in [-0.39, 0.29) is 6.54 Å². The molecule has 1 amide bonds. The predicted octanol–water partition coefficient (Wildman–Crippen LogP) is -0.594. The second kappa shape index (κ2) is 5.65. The first-order chi connectivity index (χ1) is 7.81. The van der Waals surface area contributed by atoms with Crippen LogP contribution >= 0.6 is 0 Å². The Bertz CT molecular complexity index is 265. The first kappa shape index (κ1) is 14.2. The molecule has 0 bridgehead atoms. The molecule has 1 fully saturated rings. The molecule has 0 aromatic carbocycles. The average molecular weight is 256 g/mol. The van der Waals surface area contributed by atoms with Gasteiger partial charge in [-0.3, -0.25) is 4.79 Å². The van der Waals surface area contributed by atoms with Gasteiger partial charge in [0.15, 0.2) is 0 Å². The Labute approximate surface area is 96.3 Å². The number of amides is 1. The van der Waals surface area contributed by atoms with Gasteiger partial charge in [-0.1, -0.05) is 0 Å². The van der Waals surface area contributed by atoms with E-state index >= 15 is 0 Å². The van der Waals surface area contributed by atoms with Gasteiger partial charge in [0.1, 0.15) is 13.2 Å². The normalized spacial score (nSPS) is 24.9. The Hall–Kier alpha value is -0.860. The number of carbonyl (C=O) groups is 1. The number of halogens is 3. The van der Waals surface area contributed by atoms with Gasteiger partial charge in [-0.05, 0) is 13.0 Å². The summed E-state index contributed by atoms with van der Waals surface area (Å²) in [5.74, 6) is -0.672. The van der Waals surface area contributed by atoms with Crippen LogP contribution in [0.3, 0.4) is 0 Å². The topological polar surface area (TPSA) is 70.6 Å². The van der Waals surface area contributed by atoms with Crippen molar-refractivity contribution in [1.82, 2.24) is 10.6 Å². The maximum Gasteiger partial charge on any atom is 0.411 e. The lowest BCUT2D eigenvalue weighted by Gasteiger charge is -2.21. The SMILES string of the molecule is O=C(COCC(F)(F)F)NCC1(O)CCNC1. The van der Waals surface area contributed by atoms with Gasteiger partial charge in [0, 0.05) is 13.1 Å². The molecular weight excluding hydrogens is 241 g/mol. The van der Waals surface area contributed by atoms with Gasteiger partial charge < -0.3 is 20.5 Å². The van der Waals surface area contributed by atoms with Crippen molar-refractivity contribution in [1.29, 1.82) is 0 Å². The Morgan fingerprint density at radius 3 is 2.76 bits per heavy atom. The molecular formula is C9H15F3N2O3. The van der Waals surface area contributed by atoms with Gasteiger partial charge in [-0.15, -0.1) is 0 Å². The van der Waals surface area contributed by atoms with E-state index < -0.39 is 30.9 Å². The molecule has 3 N–H and O–H groups in total. The van der Waals surface area contributed by atoms with Gasteiger partial charge >= 0.3 is 6.18 Å². The molecule has 1 aliphatic rings. The number of alkyl halides is 3. The lowest BCUT2D eigenvalue weighted by atomic mass is 10.0. The molecule has 100 valence electrons. The van der Waals surface area contributed by atoms with E-state index in [1.165, 1.54) is 0 Å². The quantitative estimate of drug-likeness (QED) is 0.614. The fourth-order valence-corrected chi connectivity index (χ4v) is 1.46. The van der Waals surface area contributed by atoms with Crippen molar-refractivity contribution in [3.8, 4) is 0 Å². The number of carbonyl (C=O) groups excluding carboxylic acids is 1. The summed E-state index contributed by atoms with van der Waals surface area (Å²) in [4.78, 5) is 11.1. The zero-order valence-corrected chi connectivity index (χ0v) is 9.14. The predicted molar refractivity (Wildman–Crippen MR) is 52.3 cm³/mol. The zero-order chi connectivity index (χ0) is 12.9.